The first-order valence-electron chi connectivity index (χ1n) is 6.41. The zero-order valence-electron chi connectivity index (χ0n) is 11.8. The third kappa shape index (κ3) is 4.31. The fourth-order valence-corrected chi connectivity index (χ4v) is 4.13. The zero-order chi connectivity index (χ0) is 15.5. The van der Waals surface area contributed by atoms with Gasteiger partial charge in [-0.05, 0) is 43.4 Å². The van der Waals surface area contributed by atoms with Crippen molar-refractivity contribution < 1.29 is 18.3 Å². The number of carboxylic acids is 1. The Kier molecular flexibility index (Phi) is 5.77. The summed E-state index contributed by atoms with van der Waals surface area (Å²) in [5.41, 5.74) is 0.532. The van der Waals surface area contributed by atoms with Gasteiger partial charge in [-0.15, -0.1) is 0 Å². The average molecular weight is 363 g/mol. The largest absolute Gasteiger partial charge is 0.478 e. The Labute approximate surface area is 128 Å². The molecule has 0 heterocycles. The molecule has 0 amide bonds. The molecule has 0 fully saturated rings. The Balaban J connectivity index is 3.14. The summed E-state index contributed by atoms with van der Waals surface area (Å²) < 4.78 is 25.2. The molecular formula is C14H19BrO4S. The number of halogens is 1. The lowest BCUT2D eigenvalue weighted by Crippen LogP contribution is -2.11. The van der Waals surface area contributed by atoms with E-state index in [1.165, 1.54) is 12.1 Å². The molecule has 0 aliphatic heterocycles. The first-order chi connectivity index (χ1) is 9.15. The molecule has 0 unspecified atom stereocenters. The van der Waals surface area contributed by atoms with Gasteiger partial charge in [0, 0.05) is 4.47 Å². The highest BCUT2D eigenvalue weighted by Crippen LogP contribution is 2.27. The van der Waals surface area contributed by atoms with Crippen molar-refractivity contribution in [3.8, 4) is 0 Å². The van der Waals surface area contributed by atoms with E-state index in [1.54, 1.807) is 6.92 Å². The van der Waals surface area contributed by atoms with Crippen LogP contribution in [0.25, 0.3) is 0 Å². The van der Waals surface area contributed by atoms with E-state index >= 15 is 0 Å². The van der Waals surface area contributed by atoms with Gasteiger partial charge < -0.3 is 5.11 Å². The van der Waals surface area contributed by atoms with Crippen molar-refractivity contribution in [3.05, 3.63) is 27.7 Å². The number of carbonyl (C=O) groups is 1. The molecule has 1 aromatic rings. The Bertz CT molecular complexity index is 606. The quantitative estimate of drug-likeness (QED) is 0.837. The molecule has 6 heteroatoms. The van der Waals surface area contributed by atoms with Crippen molar-refractivity contribution >= 4 is 31.7 Å². The van der Waals surface area contributed by atoms with Crippen molar-refractivity contribution in [2.24, 2.45) is 5.92 Å². The van der Waals surface area contributed by atoms with Gasteiger partial charge in [0.25, 0.3) is 0 Å². The van der Waals surface area contributed by atoms with Crippen LogP contribution in [0.15, 0.2) is 21.5 Å². The second kappa shape index (κ2) is 6.72. The van der Waals surface area contributed by atoms with Crippen LogP contribution < -0.4 is 0 Å². The summed E-state index contributed by atoms with van der Waals surface area (Å²) in [5.74, 6) is -0.644. The lowest BCUT2D eigenvalue weighted by atomic mass is 10.1. The van der Waals surface area contributed by atoms with Crippen LogP contribution in [0.3, 0.4) is 0 Å². The Morgan fingerprint density at radius 1 is 1.35 bits per heavy atom. The fourth-order valence-electron chi connectivity index (χ4n) is 1.89. The van der Waals surface area contributed by atoms with Crippen molar-refractivity contribution in [2.75, 3.05) is 5.75 Å². The highest BCUT2D eigenvalue weighted by atomic mass is 79.9. The van der Waals surface area contributed by atoms with Crippen LogP contribution in [0, 0.1) is 12.8 Å². The third-order valence-electron chi connectivity index (χ3n) is 3.07. The van der Waals surface area contributed by atoms with Crippen LogP contribution >= 0.6 is 15.9 Å². The number of sulfone groups is 1. The summed E-state index contributed by atoms with van der Waals surface area (Å²) in [6.45, 7) is 5.75. The molecule has 1 rings (SSSR count). The number of benzene rings is 1. The monoisotopic (exact) mass is 362 g/mol. The molecule has 1 aromatic carbocycles. The van der Waals surface area contributed by atoms with Crippen molar-refractivity contribution in [1.29, 1.82) is 0 Å². The number of rotatable bonds is 6. The summed E-state index contributed by atoms with van der Waals surface area (Å²) in [7, 11) is -3.46. The first-order valence-corrected chi connectivity index (χ1v) is 8.86. The van der Waals surface area contributed by atoms with Crippen LogP contribution in [0.5, 0.6) is 0 Å². The van der Waals surface area contributed by atoms with Gasteiger partial charge in [-0.3, -0.25) is 0 Å². The molecule has 0 bridgehead atoms. The van der Waals surface area contributed by atoms with E-state index in [2.05, 4.69) is 15.9 Å². The molecule has 0 aliphatic rings. The second-order valence-electron chi connectivity index (χ2n) is 5.24. The highest BCUT2D eigenvalue weighted by Gasteiger charge is 2.21. The smallest absolute Gasteiger partial charge is 0.335 e. The molecule has 112 valence electrons. The maximum absolute atomic E-state index is 12.3. The second-order valence-corrected chi connectivity index (χ2v) is 8.17. The molecule has 0 aromatic heterocycles. The van der Waals surface area contributed by atoms with E-state index in [1.807, 2.05) is 13.8 Å². The van der Waals surface area contributed by atoms with Crippen molar-refractivity contribution in [3.63, 3.8) is 0 Å². The molecule has 0 spiro atoms. The summed E-state index contributed by atoms with van der Waals surface area (Å²) >= 11 is 3.22. The van der Waals surface area contributed by atoms with E-state index < -0.39 is 15.8 Å². The fraction of sp³-hybridized carbons (Fsp3) is 0.500. The van der Waals surface area contributed by atoms with Gasteiger partial charge >= 0.3 is 5.97 Å². The topological polar surface area (TPSA) is 71.4 Å². The van der Waals surface area contributed by atoms with Crippen LogP contribution in [0.4, 0.5) is 0 Å². The molecular weight excluding hydrogens is 344 g/mol. The average Bonchev–Trinajstić information content (AvgIpc) is 2.31. The minimum absolute atomic E-state index is 0.0232. The number of carboxylic acid groups (broad SMARTS) is 1. The number of hydrogen-bond acceptors (Lipinski definition) is 3. The molecule has 0 saturated heterocycles. The van der Waals surface area contributed by atoms with Crippen LogP contribution in [-0.4, -0.2) is 25.2 Å². The van der Waals surface area contributed by atoms with E-state index in [0.29, 0.717) is 22.4 Å². The highest BCUT2D eigenvalue weighted by molar-refractivity contribution is 9.10. The van der Waals surface area contributed by atoms with Gasteiger partial charge in [-0.2, -0.15) is 0 Å². The molecule has 0 aliphatic carbocycles. The summed E-state index contributed by atoms with van der Waals surface area (Å²) in [4.78, 5) is 11.1. The molecule has 0 atom stereocenters. The minimum Gasteiger partial charge on any atom is -0.478 e. The van der Waals surface area contributed by atoms with Gasteiger partial charge in [-0.1, -0.05) is 29.8 Å². The van der Waals surface area contributed by atoms with E-state index in [0.717, 1.165) is 6.42 Å². The Hall–Kier alpha value is -0.880. The predicted molar refractivity (Wildman–Crippen MR) is 82.0 cm³/mol. The Morgan fingerprint density at radius 3 is 2.45 bits per heavy atom. The summed E-state index contributed by atoms with van der Waals surface area (Å²) in [5, 5.41) is 9.02. The van der Waals surface area contributed by atoms with Gasteiger partial charge in [0.15, 0.2) is 9.84 Å². The SMILES string of the molecule is Cc1c(Br)cc(C(=O)O)cc1S(=O)(=O)CCCC(C)C. The van der Waals surface area contributed by atoms with Gasteiger partial charge in [0.2, 0.25) is 0 Å². The maximum Gasteiger partial charge on any atom is 0.335 e. The van der Waals surface area contributed by atoms with E-state index in [-0.39, 0.29) is 16.2 Å². The standard InChI is InChI=1S/C14H19BrO4S/c1-9(2)5-4-6-20(18,19)13-8-11(14(16)17)7-12(15)10(13)3/h7-9H,4-6H2,1-3H3,(H,16,17). The summed E-state index contributed by atoms with van der Waals surface area (Å²) in [6, 6.07) is 2.66. The van der Waals surface area contributed by atoms with Crippen molar-refractivity contribution in [1.82, 2.24) is 0 Å². The van der Waals surface area contributed by atoms with Crippen LogP contribution in [0.2, 0.25) is 0 Å². The third-order valence-corrected chi connectivity index (χ3v) is 5.82. The van der Waals surface area contributed by atoms with Gasteiger partial charge in [0.1, 0.15) is 0 Å². The van der Waals surface area contributed by atoms with Crippen LogP contribution in [-0.2, 0) is 9.84 Å². The van der Waals surface area contributed by atoms with Crippen LogP contribution in [0.1, 0.15) is 42.6 Å². The predicted octanol–water partition coefficient (Wildman–Crippen LogP) is 3.67. The number of aromatic carboxylic acids is 1. The summed E-state index contributed by atoms with van der Waals surface area (Å²) in [6.07, 6.45) is 1.41. The normalized spacial score (nSPS) is 11.8. The molecule has 1 N–H and O–H groups in total. The van der Waals surface area contributed by atoms with E-state index in [9.17, 15) is 13.2 Å². The molecule has 0 saturated carbocycles. The molecule has 20 heavy (non-hydrogen) atoms. The van der Waals surface area contributed by atoms with Crippen molar-refractivity contribution in [2.45, 2.75) is 38.5 Å². The minimum atomic E-state index is -3.46. The maximum atomic E-state index is 12.3. The molecule has 4 nitrogen and oxygen atoms in total. The first kappa shape index (κ1) is 17.2. The van der Waals surface area contributed by atoms with Gasteiger partial charge in [0.05, 0.1) is 16.2 Å². The number of hydrogen-bond donors (Lipinski definition) is 1. The zero-order valence-corrected chi connectivity index (χ0v) is 14.2. The van der Waals surface area contributed by atoms with Gasteiger partial charge in [-0.25, -0.2) is 13.2 Å². The lowest BCUT2D eigenvalue weighted by molar-refractivity contribution is 0.0696. The Morgan fingerprint density at radius 2 is 1.95 bits per heavy atom. The lowest BCUT2D eigenvalue weighted by Gasteiger charge is -2.11. The molecule has 0 radical (unpaired) electrons. The van der Waals surface area contributed by atoms with E-state index in [4.69, 9.17) is 5.11 Å².